The highest BCUT2D eigenvalue weighted by molar-refractivity contribution is 6.02. The van der Waals surface area contributed by atoms with Crippen molar-refractivity contribution in [1.82, 2.24) is 0 Å². The minimum Gasteiger partial charge on any atom is -0.496 e. The molecule has 0 aliphatic heterocycles. The number of Topliss-reactive ketones (excluding diaryl/α,β-unsaturated/α-hetero) is 1. The number of hydrogen-bond acceptors (Lipinski definition) is 3. The minimum atomic E-state index is 0.0629. The van der Waals surface area contributed by atoms with Gasteiger partial charge in [0.25, 0.3) is 0 Å². The van der Waals surface area contributed by atoms with Gasteiger partial charge in [-0.15, -0.1) is 0 Å². The van der Waals surface area contributed by atoms with E-state index in [1.165, 1.54) is 32.1 Å². The average Bonchev–Trinajstić information content (AvgIpc) is 2.47. The standard InChI is InChI=1S/C17H25NO2/c1-13(19)17-15(10-7-11-16(17)20-3)18(2)12-14-8-5-4-6-9-14/h7,10-11,14H,4-6,8-9,12H2,1-3H3. The quantitative estimate of drug-likeness (QED) is 0.763. The van der Waals surface area contributed by atoms with E-state index in [4.69, 9.17) is 4.74 Å². The van der Waals surface area contributed by atoms with Crippen LogP contribution in [0.25, 0.3) is 0 Å². The maximum atomic E-state index is 11.9. The van der Waals surface area contributed by atoms with Crippen molar-refractivity contribution in [3.8, 4) is 5.75 Å². The van der Waals surface area contributed by atoms with Gasteiger partial charge in [-0.25, -0.2) is 0 Å². The van der Waals surface area contributed by atoms with Gasteiger partial charge >= 0.3 is 0 Å². The number of nitrogens with zero attached hydrogens (tertiary/aromatic N) is 1. The highest BCUT2D eigenvalue weighted by Crippen LogP contribution is 2.31. The van der Waals surface area contributed by atoms with Gasteiger partial charge < -0.3 is 9.64 Å². The van der Waals surface area contributed by atoms with E-state index in [0.29, 0.717) is 11.3 Å². The first-order chi connectivity index (χ1) is 9.63. The van der Waals surface area contributed by atoms with E-state index in [2.05, 4.69) is 11.9 Å². The third-order valence-corrected chi connectivity index (χ3v) is 4.24. The molecule has 1 aliphatic rings. The zero-order valence-corrected chi connectivity index (χ0v) is 12.8. The molecule has 3 nitrogen and oxygen atoms in total. The Bertz CT molecular complexity index is 464. The van der Waals surface area contributed by atoms with Crippen molar-refractivity contribution in [2.24, 2.45) is 5.92 Å². The fraction of sp³-hybridized carbons (Fsp3) is 0.588. The smallest absolute Gasteiger partial charge is 0.165 e. The van der Waals surface area contributed by atoms with Crippen LogP contribution < -0.4 is 9.64 Å². The van der Waals surface area contributed by atoms with Crippen LogP contribution in [0.1, 0.15) is 49.4 Å². The first-order valence-corrected chi connectivity index (χ1v) is 7.52. The fourth-order valence-corrected chi connectivity index (χ4v) is 3.22. The Hall–Kier alpha value is -1.51. The summed E-state index contributed by atoms with van der Waals surface area (Å²) in [4.78, 5) is 14.2. The summed E-state index contributed by atoms with van der Waals surface area (Å²) in [5, 5.41) is 0. The number of carbonyl (C=O) groups is 1. The molecule has 1 saturated carbocycles. The summed E-state index contributed by atoms with van der Waals surface area (Å²) in [5.41, 5.74) is 1.69. The lowest BCUT2D eigenvalue weighted by atomic mass is 9.89. The van der Waals surface area contributed by atoms with Crippen molar-refractivity contribution in [1.29, 1.82) is 0 Å². The number of ether oxygens (including phenoxy) is 1. The third-order valence-electron chi connectivity index (χ3n) is 4.24. The second-order valence-corrected chi connectivity index (χ2v) is 5.80. The summed E-state index contributed by atoms with van der Waals surface area (Å²) in [6, 6.07) is 5.83. The van der Waals surface area contributed by atoms with Crippen LogP contribution in [-0.2, 0) is 0 Å². The molecule has 0 spiro atoms. The van der Waals surface area contributed by atoms with Crippen LogP contribution >= 0.6 is 0 Å². The number of methoxy groups -OCH3 is 1. The van der Waals surface area contributed by atoms with Crippen molar-refractivity contribution < 1.29 is 9.53 Å². The van der Waals surface area contributed by atoms with Crippen LogP contribution in [0.15, 0.2) is 18.2 Å². The van der Waals surface area contributed by atoms with Crippen molar-refractivity contribution in [2.45, 2.75) is 39.0 Å². The average molecular weight is 275 g/mol. The highest BCUT2D eigenvalue weighted by atomic mass is 16.5. The van der Waals surface area contributed by atoms with Crippen LogP contribution in [-0.4, -0.2) is 26.5 Å². The van der Waals surface area contributed by atoms with Crippen LogP contribution in [0.2, 0.25) is 0 Å². The van der Waals surface area contributed by atoms with Gasteiger partial charge in [-0.3, -0.25) is 4.79 Å². The molecule has 0 amide bonds. The van der Waals surface area contributed by atoms with E-state index in [1.807, 2.05) is 18.2 Å². The number of hydrogen-bond donors (Lipinski definition) is 0. The molecule has 1 fully saturated rings. The molecule has 0 atom stereocenters. The molecule has 0 bridgehead atoms. The van der Waals surface area contributed by atoms with Crippen LogP contribution in [0.4, 0.5) is 5.69 Å². The second kappa shape index (κ2) is 6.78. The molecule has 0 heterocycles. The molecule has 0 aromatic heterocycles. The van der Waals surface area contributed by atoms with Crippen LogP contribution in [0.3, 0.4) is 0 Å². The van der Waals surface area contributed by atoms with Gasteiger partial charge in [0, 0.05) is 13.6 Å². The fourth-order valence-electron chi connectivity index (χ4n) is 3.22. The van der Waals surface area contributed by atoms with Crippen LogP contribution in [0, 0.1) is 5.92 Å². The first-order valence-electron chi connectivity index (χ1n) is 7.52. The normalized spacial score (nSPS) is 15.9. The predicted octanol–water partition coefficient (Wildman–Crippen LogP) is 3.91. The van der Waals surface area contributed by atoms with Crippen molar-refractivity contribution in [3.05, 3.63) is 23.8 Å². The summed E-state index contributed by atoms with van der Waals surface area (Å²) in [5.74, 6) is 1.48. The zero-order chi connectivity index (χ0) is 14.5. The zero-order valence-electron chi connectivity index (χ0n) is 12.8. The van der Waals surface area contributed by atoms with E-state index < -0.39 is 0 Å². The molecule has 3 heteroatoms. The van der Waals surface area contributed by atoms with E-state index in [0.717, 1.165) is 18.2 Å². The maximum absolute atomic E-state index is 11.9. The van der Waals surface area contributed by atoms with E-state index >= 15 is 0 Å². The Morgan fingerprint density at radius 2 is 2.00 bits per heavy atom. The Morgan fingerprint density at radius 1 is 1.30 bits per heavy atom. The third kappa shape index (κ3) is 3.33. The summed E-state index contributed by atoms with van der Waals surface area (Å²) in [6.07, 6.45) is 6.68. The predicted molar refractivity (Wildman–Crippen MR) is 82.8 cm³/mol. The maximum Gasteiger partial charge on any atom is 0.165 e. The monoisotopic (exact) mass is 275 g/mol. The van der Waals surface area contributed by atoms with Gasteiger partial charge in [0.1, 0.15) is 5.75 Å². The topological polar surface area (TPSA) is 29.5 Å². The van der Waals surface area contributed by atoms with Crippen LogP contribution in [0.5, 0.6) is 5.75 Å². The molecule has 110 valence electrons. The molecular formula is C17H25NO2. The largest absolute Gasteiger partial charge is 0.496 e. The van der Waals surface area contributed by atoms with E-state index in [9.17, 15) is 4.79 Å². The number of carbonyl (C=O) groups excluding carboxylic acids is 1. The Kier molecular flexibility index (Phi) is 5.05. The van der Waals surface area contributed by atoms with Gasteiger partial charge in [-0.1, -0.05) is 25.3 Å². The van der Waals surface area contributed by atoms with Gasteiger partial charge in [0.05, 0.1) is 18.4 Å². The molecule has 1 aliphatic carbocycles. The number of anilines is 1. The lowest BCUT2D eigenvalue weighted by molar-refractivity contribution is 0.101. The molecule has 20 heavy (non-hydrogen) atoms. The van der Waals surface area contributed by atoms with Crippen molar-refractivity contribution >= 4 is 11.5 Å². The molecule has 0 saturated heterocycles. The number of benzene rings is 1. The van der Waals surface area contributed by atoms with Crippen molar-refractivity contribution in [3.63, 3.8) is 0 Å². The first kappa shape index (κ1) is 14.9. The lowest BCUT2D eigenvalue weighted by Gasteiger charge is -2.29. The summed E-state index contributed by atoms with van der Waals surface area (Å²) in [7, 11) is 3.70. The van der Waals surface area contributed by atoms with Gasteiger partial charge in [-0.2, -0.15) is 0 Å². The summed E-state index contributed by atoms with van der Waals surface area (Å²) >= 11 is 0. The Labute approximate surface area is 121 Å². The summed E-state index contributed by atoms with van der Waals surface area (Å²) in [6.45, 7) is 2.63. The SMILES string of the molecule is COc1cccc(N(C)CC2CCCCC2)c1C(C)=O. The molecule has 0 radical (unpaired) electrons. The Balaban J connectivity index is 2.19. The van der Waals surface area contributed by atoms with Crippen molar-refractivity contribution in [2.75, 3.05) is 25.6 Å². The molecule has 2 rings (SSSR count). The van der Waals surface area contributed by atoms with Gasteiger partial charge in [0.15, 0.2) is 5.78 Å². The number of ketones is 1. The van der Waals surface area contributed by atoms with Gasteiger partial charge in [0.2, 0.25) is 0 Å². The molecule has 1 aromatic carbocycles. The Morgan fingerprint density at radius 3 is 2.60 bits per heavy atom. The summed E-state index contributed by atoms with van der Waals surface area (Å²) < 4.78 is 5.34. The highest BCUT2D eigenvalue weighted by Gasteiger charge is 2.20. The molecular weight excluding hydrogens is 250 g/mol. The molecule has 0 unspecified atom stereocenters. The van der Waals surface area contributed by atoms with E-state index in [1.54, 1.807) is 14.0 Å². The van der Waals surface area contributed by atoms with Gasteiger partial charge in [-0.05, 0) is 37.8 Å². The van der Waals surface area contributed by atoms with E-state index in [-0.39, 0.29) is 5.78 Å². The molecule has 1 aromatic rings. The number of rotatable bonds is 5. The lowest BCUT2D eigenvalue weighted by Crippen LogP contribution is -2.28. The minimum absolute atomic E-state index is 0.0629. The molecule has 0 N–H and O–H groups in total. The second-order valence-electron chi connectivity index (χ2n) is 5.80.